The van der Waals surface area contributed by atoms with Crippen LogP contribution in [0.3, 0.4) is 0 Å². The van der Waals surface area contributed by atoms with Crippen LogP contribution in [0.5, 0.6) is 5.75 Å². The van der Waals surface area contributed by atoms with Gasteiger partial charge < -0.3 is 4.52 Å². The largest absolute Gasteiger partial charge is 0.448 e. The summed E-state index contributed by atoms with van der Waals surface area (Å²) in [6, 6.07) is 10.7. The summed E-state index contributed by atoms with van der Waals surface area (Å²) < 4.78 is 50.9. The van der Waals surface area contributed by atoms with Crippen molar-refractivity contribution in [2.75, 3.05) is 6.61 Å². The molecule has 2 aromatic rings. The highest BCUT2D eigenvalue weighted by Crippen LogP contribution is 2.63. The van der Waals surface area contributed by atoms with E-state index in [-0.39, 0.29) is 12.4 Å². The molecule has 0 radical (unpaired) electrons. The number of rotatable bonds is 6. The highest BCUT2D eigenvalue weighted by molar-refractivity contribution is 9.10. The Kier molecular flexibility index (Phi) is 5.25. The Labute approximate surface area is 136 Å². The van der Waals surface area contributed by atoms with Crippen molar-refractivity contribution in [2.24, 2.45) is 0 Å². The Morgan fingerprint density at radius 2 is 1.77 bits per heavy atom. The molecule has 0 spiro atoms. The molecule has 0 fully saturated rings. The van der Waals surface area contributed by atoms with Gasteiger partial charge in [-0.05, 0) is 45.8 Å². The molecule has 22 heavy (non-hydrogen) atoms. The summed E-state index contributed by atoms with van der Waals surface area (Å²) in [5, 5.41) is 1.71. The topological polar surface area (TPSA) is 35.5 Å². The maximum Gasteiger partial charge on any atom is 0.448 e. The third-order valence-electron chi connectivity index (χ3n) is 3.14. The van der Waals surface area contributed by atoms with E-state index in [0.717, 1.165) is 10.8 Å². The summed E-state index contributed by atoms with van der Waals surface area (Å²) in [5.74, 6) is 0.0728. The number of benzene rings is 2. The molecule has 0 bridgehead atoms. The van der Waals surface area contributed by atoms with Crippen LogP contribution in [0.4, 0.5) is 8.78 Å². The van der Waals surface area contributed by atoms with Crippen LogP contribution >= 0.6 is 23.5 Å². The first-order chi connectivity index (χ1) is 10.3. The van der Waals surface area contributed by atoms with Crippen molar-refractivity contribution in [1.29, 1.82) is 0 Å². The summed E-state index contributed by atoms with van der Waals surface area (Å²) in [6.07, 6.45) is -0.629. The number of halogens is 3. The zero-order chi connectivity index (χ0) is 16.4. The van der Waals surface area contributed by atoms with Crippen molar-refractivity contribution in [1.82, 2.24) is 0 Å². The molecule has 0 aliphatic carbocycles. The first kappa shape index (κ1) is 17.4. The zero-order valence-corrected chi connectivity index (χ0v) is 14.7. The summed E-state index contributed by atoms with van der Waals surface area (Å²) in [5.41, 5.74) is -3.55. The van der Waals surface area contributed by atoms with E-state index >= 15 is 0 Å². The van der Waals surface area contributed by atoms with Crippen LogP contribution in [-0.2, 0) is 9.09 Å². The molecule has 0 aliphatic heterocycles. The van der Waals surface area contributed by atoms with Gasteiger partial charge in [0.2, 0.25) is 0 Å². The van der Waals surface area contributed by atoms with Gasteiger partial charge in [-0.25, -0.2) is 4.57 Å². The van der Waals surface area contributed by atoms with Crippen LogP contribution in [0.25, 0.3) is 10.8 Å². The molecule has 0 N–H and O–H groups in total. The highest BCUT2D eigenvalue weighted by atomic mass is 79.9. The fraction of sp³-hybridized carbons (Fsp3) is 0.333. The predicted molar refractivity (Wildman–Crippen MR) is 86.7 cm³/mol. The van der Waals surface area contributed by atoms with Crippen molar-refractivity contribution < 1.29 is 22.4 Å². The number of hydrogen-bond donors (Lipinski definition) is 0. The molecule has 0 saturated heterocycles. The summed E-state index contributed by atoms with van der Waals surface area (Å²) in [7, 11) is -4.61. The second-order valence-corrected chi connectivity index (χ2v) is 7.60. The average molecular weight is 393 g/mol. The first-order valence-electron chi connectivity index (χ1n) is 6.83. The van der Waals surface area contributed by atoms with Crippen molar-refractivity contribution in [2.45, 2.75) is 25.9 Å². The maximum absolute atomic E-state index is 14.0. The molecule has 2 aromatic carbocycles. The molecule has 0 aromatic heterocycles. The Bertz CT molecular complexity index is 721. The second kappa shape index (κ2) is 6.65. The minimum Gasteiger partial charge on any atom is -0.419 e. The van der Waals surface area contributed by atoms with E-state index in [4.69, 9.17) is 9.05 Å². The third-order valence-corrected chi connectivity index (χ3v) is 5.92. The van der Waals surface area contributed by atoms with Gasteiger partial charge in [-0.2, -0.15) is 8.78 Å². The lowest BCUT2D eigenvalue weighted by Gasteiger charge is -2.26. The lowest BCUT2D eigenvalue weighted by molar-refractivity contribution is 0.0484. The van der Waals surface area contributed by atoms with Crippen LogP contribution in [0.2, 0.25) is 0 Å². The molecule has 1 atom stereocenters. The number of fused-ring (bicyclic) bond motifs is 1. The average Bonchev–Trinajstić information content (AvgIpc) is 2.48. The lowest BCUT2D eigenvalue weighted by atomic mass is 10.1. The van der Waals surface area contributed by atoms with E-state index in [2.05, 4.69) is 15.9 Å². The molecule has 0 aliphatic rings. The molecule has 0 heterocycles. The summed E-state index contributed by atoms with van der Waals surface area (Å²) >= 11 is 3.26. The van der Waals surface area contributed by atoms with Gasteiger partial charge in [0.1, 0.15) is 5.75 Å². The van der Waals surface area contributed by atoms with Crippen molar-refractivity contribution in [3.63, 3.8) is 0 Å². The Morgan fingerprint density at radius 3 is 2.32 bits per heavy atom. The van der Waals surface area contributed by atoms with E-state index in [9.17, 15) is 13.3 Å². The zero-order valence-electron chi connectivity index (χ0n) is 12.2. The Morgan fingerprint density at radius 1 is 1.18 bits per heavy atom. The fourth-order valence-electron chi connectivity index (χ4n) is 1.94. The lowest BCUT2D eigenvalue weighted by Crippen LogP contribution is -2.21. The molecular formula is C15H16BrF2O3P. The van der Waals surface area contributed by atoms with Gasteiger partial charge in [-0.15, -0.1) is 0 Å². The highest BCUT2D eigenvalue weighted by Gasteiger charge is 2.53. The fourth-order valence-corrected chi connectivity index (χ4v) is 4.02. The van der Waals surface area contributed by atoms with Crippen LogP contribution in [0, 0.1) is 0 Å². The molecular weight excluding hydrogens is 377 g/mol. The van der Waals surface area contributed by atoms with Crippen LogP contribution in [-0.4, -0.2) is 12.3 Å². The predicted octanol–water partition coefficient (Wildman–Crippen LogP) is 6.21. The van der Waals surface area contributed by atoms with Gasteiger partial charge in [-0.1, -0.05) is 31.2 Å². The standard InChI is InChI=1S/C15H16BrF2O3P/c1-3-15(17,18)22(19,20-4-2)21-14-10-12-8-6-5-7-11(12)9-13(14)16/h5-10H,3-4H2,1-2H3. The van der Waals surface area contributed by atoms with Gasteiger partial charge in [0, 0.05) is 6.42 Å². The molecule has 1 unspecified atom stereocenters. The SMILES string of the molecule is CCOP(=O)(Oc1cc2ccccc2cc1Br)C(F)(F)CC. The molecule has 0 saturated carbocycles. The monoisotopic (exact) mass is 392 g/mol. The van der Waals surface area contributed by atoms with E-state index in [1.54, 1.807) is 12.1 Å². The van der Waals surface area contributed by atoms with Gasteiger partial charge in [0.25, 0.3) is 0 Å². The molecule has 2 rings (SSSR count). The van der Waals surface area contributed by atoms with Crippen molar-refractivity contribution >= 4 is 34.3 Å². The van der Waals surface area contributed by atoms with Gasteiger partial charge in [0.15, 0.2) is 0 Å². The molecule has 3 nitrogen and oxygen atoms in total. The summed E-state index contributed by atoms with van der Waals surface area (Å²) in [6.45, 7) is 2.61. The van der Waals surface area contributed by atoms with E-state index in [1.807, 2.05) is 24.3 Å². The quantitative estimate of drug-likeness (QED) is 0.547. The van der Waals surface area contributed by atoms with Crippen LogP contribution < -0.4 is 4.52 Å². The molecule has 7 heteroatoms. The van der Waals surface area contributed by atoms with Crippen LogP contribution in [0.15, 0.2) is 40.9 Å². The number of alkyl halides is 2. The number of hydrogen-bond acceptors (Lipinski definition) is 3. The second-order valence-electron chi connectivity index (χ2n) is 4.66. The van der Waals surface area contributed by atoms with E-state index < -0.39 is 19.7 Å². The third kappa shape index (κ3) is 3.34. The normalized spacial score (nSPS) is 14.8. The maximum atomic E-state index is 14.0. The van der Waals surface area contributed by atoms with Crippen LogP contribution in [0.1, 0.15) is 20.3 Å². The van der Waals surface area contributed by atoms with Crippen molar-refractivity contribution in [3.05, 3.63) is 40.9 Å². The molecule has 0 amide bonds. The minimum atomic E-state index is -4.61. The Hall–Kier alpha value is -0.970. The van der Waals surface area contributed by atoms with Gasteiger partial charge >= 0.3 is 13.3 Å². The van der Waals surface area contributed by atoms with E-state index in [1.165, 1.54) is 13.8 Å². The smallest absolute Gasteiger partial charge is 0.419 e. The molecule has 120 valence electrons. The minimum absolute atomic E-state index is 0.0728. The van der Waals surface area contributed by atoms with Gasteiger partial charge in [-0.3, -0.25) is 4.52 Å². The first-order valence-corrected chi connectivity index (χ1v) is 9.17. The van der Waals surface area contributed by atoms with Gasteiger partial charge in [0.05, 0.1) is 11.1 Å². The Balaban J connectivity index is 2.46. The van der Waals surface area contributed by atoms with E-state index in [0.29, 0.717) is 4.47 Å². The summed E-state index contributed by atoms with van der Waals surface area (Å²) in [4.78, 5) is 0. The van der Waals surface area contributed by atoms with Crippen molar-refractivity contribution in [3.8, 4) is 5.75 Å².